The lowest BCUT2D eigenvalue weighted by Gasteiger charge is -2.13. The van der Waals surface area contributed by atoms with E-state index in [0.29, 0.717) is 45.2 Å². The fourth-order valence-electron chi connectivity index (χ4n) is 3.36. The number of phenols is 1. The van der Waals surface area contributed by atoms with E-state index >= 15 is 0 Å². The van der Waals surface area contributed by atoms with Crippen LogP contribution in [0, 0.1) is 36.8 Å². The first-order valence-corrected chi connectivity index (χ1v) is 8.09. The van der Waals surface area contributed by atoms with E-state index in [9.17, 15) is 19.1 Å². The van der Waals surface area contributed by atoms with Crippen molar-refractivity contribution in [2.24, 2.45) is 0 Å². The van der Waals surface area contributed by atoms with Crippen molar-refractivity contribution in [3.8, 4) is 28.8 Å². The zero-order valence-corrected chi connectivity index (χ0v) is 14.4. The maximum Gasteiger partial charge on any atom is 0.167 e. The summed E-state index contributed by atoms with van der Waals surface area (Å²) in [4.78, 5) is 0. The Morgan fingerprint density at radius 3 is 2.56 bits per heavy atom. The molecule has 1 N–H and O–H groups in total. The Morgan fingerprint density at radius 2 is 1.89 bits per heavy atom. The number of nitriles is 1. The summed E-state index contributed by atoms with van der Waals surface area (Å²) >= 11 is 0. The van der Waals surface area contributed by atoms with Gasteiger partial charge in [-0.25, -0.2) is 8.78 Å². The van der Waals surface area contributed by atoms with Crippen LogP contribution in [-0.4, -0.2) is 14.8 Å². The number of hydrogen-bond donors (Lipinski definition) is 1. The van der Waals surface area contributed by atoms with Gasteiger partial charge in [0, 0.05) is 17.5 Å². The van der Waals surface area contributed by atoms with Gasteiger partial charge in [0.05, 0.1) is 33.7 Å². The number of nitrogens with zero attached hydrogens (tertiary/aromatic N) is 3. The SMILES string of the molecule is Cc1noc(C)c1-c1c(C#N)c2ccccc2n1-c1cc(F)c(O)cc1F. The third-order valence-corrected chi connectivity index (χ3v) is 4.51. The highest BCUT2D eigenvalue weighted by atomic mass is 19.1. The lowest BCUT2D eigenvalue weighted by atomic mass is 10.0. The number of para-hydroxylation sites is 1. The quantitative estimate of drug-likeness (QED) is 0.556. The molecule has 0 saturated carbocycles. The van der Waals surface area contributed by atoms with Crippen LogP contribution in [0.4, 0.5) is 8.78 Å². The molecule has 2 aromatic carbocycles. The van der Waals surface area contributed by atoms with Gasteiger partial charge in [-0.15, -0.1) is 0 Å². The van der Waals surface area contributed by atoms with E-state index in [-0.39, 0.29) is 5.69 Å². The van der Waals surface area contributed by atoms with Crippen LogP contribution in [0.3, 0.4) is 0 Å². The van der Waals surface area contributed by atoms with Crippen LogP contribution < -0.4 is 0 Å². The molecule has 0 unspecified atom stereocenters. The molecule has 4 rings (SSSR count). The second-order valence-corrected chi connectivity index (χ2v) is 6.14. The van der Waals surface area contributed by atoms with Crippen LogP contribution in [-0.2, 0) is 0 Å². The number of fused-ring (bicyclic) bond motifs is 1. The highest BCUT2D eigenvalue weighted by Crippen LogP contribution is 2.40. The normalized spacial score (nSPS) is 11.1. The summed E-state index contributed by atoms with van der Waals surface area (Å²) in [6, 6.07) is 10.7. The predicted molar refractivity (Wildman–Crippen MR) is 94.5 cm³/mol. The van der Waals surface area contributed by atoms with Crippen molar-refractivity contribution in [3.05, 3.63) is 65.1 Å². The number of halogens is 2. The molecule has 0 aliphatic rings. The molecule has 0 bridgehead atoms. The Morgan fingerprint density at radius 1 is 1.15 bits per heavy atom. The van der Waals surface area contributed by atoms with Gasteiger partial charge in [-0.05, 0) is 19.9 Å². The Hall–Kier alpha value is -3.66. The van der Waals surface area contributed by atoms with Gasteiger partial charge < -0.3 is 14.2 Å². The molecule has 0 radical (unpaired) electrons. The van der Waals surface area contributed by atoms with Crippen LogP contribution in [0.2, 0.25) is 0 Å². The Bertz CT molecular complexity index is 1230. The number of aromatic hydroxyl groups is 1. The van der Waals surface area contributed by atoms with Crippen LogP contribution in [0.5, 0.6) is 5.75 Å². The minimum absolute atomic E-state index is 0.127. The second-order valence-electron chi connectivity index (χ2n) is 6.14. The Balaban J connectivity index is 2.23. The number of rotatable bonds is 2. The molecule has 5 nitrogen and oxygen atoms in total. The zero-order chi connectivity index (χ0) is 19.3. The predicted octanol–water partition coefficient (Wildman–Crippen LogP) is 4.76. The van der Waals surface area contributed by atoms with Gasteiger partial charge in [0.1, 0.15) is 11.8 Å². The highest BCUT2D eigenvalue weighted by Gasteiger charge is 2.26. The van der Waals surface area contributed by atoms with Crippen molar-refractivity contribution in [3.63, 3.8) is 0 Å². The average molecular weight is 365 g/mol. The zero-order valence-electron chi connectivity index (χ0n) is 14.4. The topological polar surface area (TPSA) is 75.0 Å². The lowest BCUT2D eigenvalue weighted by molar-refractivity contribution is 0.393. The second kappa shape index (κ2) is 5.95. The summed E-state index contributed by atoms with van der Waals surface area (Å²) in [6.45, 7) is 3.40. The van der Waals surface area contributed by atoms with Gasteiger partial charge in [0.2, 0.25) is 0 Å². The molecule has 0 aliphatic carbocycles. The molecule has 0 spiro atoms. The lowest BCUT2D eigenvalue weighted by Crippen LogP contribution is -2.02. The standard InChI is InChI=1S/C20H13F2N3O2/c1-10-19(11(2)27-24-10)20-13(9-23)12-5-3-4-6-16(12)25(20)17-7-15(22)18(26)8-14(17)21/h3-8,26H,1-2H3. The van der Waals surface area contributed by atoms with Crippen LogP contribution in [0.1, 0.15) is 17.0 Å². The molecule has 2 aromatic heterocycles. The maximum atomic E-state index is 14.7. The van der Waals surface area contributed by atoms with E-state index in [1.54, 1.807) is 38.1 Å². The van der Waals surface area contributed by atoms with Gasteiger partial charge in [0.15, 0.2) is 17.4 Å². The number of phenolic OH excluding ortho intramolecular Hbond substituents is 1. The molecule has 0 aliphatic heterocycles. The number of benzene rings is 2. The van der Waals surface area contributed by atoms with Crippen molar-refractivity contribution in [2.75, 3.05) is 0 Å². The van der Waals surface area contributed by atoms with E-state index in [1.165, 1.54) is 4.57 Å². The molecule has 0 amide bonds. The summed E-state index contributed by atoms with van der Waals surface area (Å²) in [5.74, 6) is -2.13. The molecule has 2 heterocycles. The first kappa shape index (κ1) is 16.8. The maximum absolute atomic E-state index is 14.7. The summed E-state index contributed by atoms with van der Waals surface area (Å²) in [5, 5.41) is 23.8. The Kier molecular flexibility index (Phi) is 3.70. The van der Waals surface area contributed by atoms with Crippen molar-refractivity contribution in [1.82, 2.24) is 9.72 Å². The minimum atomic E-state index is -0.965. The minimum Gasteiger partial charge on any atom is -0.505 e. The molecule has 7 heteroatoms. The fraction of sp³-hybridized carbons (Fsp3) is 0.100. The van der Waals surface area contributed by atoms with Gasteiger partial charge in [-0.1, -0.05) is 23.4 Å². The highest BCUT2D eigenvalue weighted by molar-refractivity contribution is 5.96. The molecule has 0 atom stereocenters. The molecule has 0 saturated heterocycles. The fourth-order valence-corrected chi connectivity index (χ4v) is 3.36. The van der Waals surface area contributed by atoms with Gasteiger partial charge in [-0.2, -0.15) is 5.26 Å². The van der Waals surface area contributed by atoms with Crippen LogP contribution >= 0.6 is 0 Å². The number of hydrogen-bond acceptors (Lipinski definition) is 4. The summed E-state index contributed by atoms with van der Waals surface area (Å²) in [7, 11) is 0. The van der Waals surface area contributed by atoms with Crippen LogP contribution in [0.25, 0.3) is 27.8 Å². The van der Waals surface area contributed by atoms with Crippen molar-refractivity contribution >= 4 is 10.9 Å². The molecule has 4 aromatic rings. The summed E-state index contributed by atoms with van der Waals surface area (Å²) in [5.41, 5.74) is 2.11. The molecule has 0 fully saturated rings. The van der Waals surface area contributed by atoms with E-state index in [4.69, 9.17) is 4.52 Å². The summed E-state index contributed by atoms with van der Waals surface area (Å²) in [6.07, 6.45) is 0. The van der Waals surface area contributed by atoms with Gasteiger partial charge in [-0.3, -0.25) is 0 Å². The van der Waals surface area contributed by atoms with E-state index < -0.39 is 17.4 Å². The van der Waals surface area contributed by atoms with Gasteiger partial charge >= 0.3 is 0 Å². The molecule has 134 valence electrons. The third-order valence-electron chi connectivity index (χ3n) is 4.51. The first-order chi connectivity index (χ1) is 12.9. The molecule has 27 heavy (non-hydrogen) atoms. The number of aromatic nitrogens is 2. The molecular formula is C20H13F2N3O2. The van der Waals surface area contributed by atoms with E-state index in [1.807, 2.05) is 0 Å². The third kappa shape index (κ3) is 2.38. The number of aryl methyl sites for hydroxylation is 2. The summed E-state index contributed by atoms with van der Waals surface area (Å²) < 4.78 is 35.4. The van der Waals surface area contributed by atoms with Crippen molar-refractivity contribution < 1.29 is 18.4 Å². The van der Waals surface area contributed by atoms with Crippen molar-refractivity contribution in [1.29, 1.82) is 5.26 Å². The van der Waals surface area contributed by atoms with Crippen molar-refractivity contribution in [2.45, 2.75) is 13.8 Å². The monoisotopic (exact) mass is 365 g/mol. The first-order valence-electron chi connectivity index (χ1n) is 8.09. The largest absolute Gasteiger partial charge is 0.505 e. The van der Waals surface area contributed by atoms with E-state index in [0.717, 1.165) is 6.07 Å². The smallest absolute Gasteiger partial charge is 0.167 e. The average Bonchev–Trinajstić information content (AvgIpc) is 3.14. The van der Waals surface area contributed by atoms with Gasteiger partial charge in [0.25, 0.3) is 0 Å². The Labute approximate surface area is 152 Å². The van der Waals surface area contributed by atoms with Crippen LogP contribution in [0.15, 0.2) is 40.9 Å². The van der Waals surface area contributed by atoms with E-state index in [2.05, 4.69) is 11.2 Å². The molecular weight excluding hydrogens is 352 g/mol.